The van der Waals surface area contributed by atoms with Gasteiger partial charge in [0.25, 0.3) is 10.5 Å². The number of hydrogen-bond donors (Lipinski definition) is 0. The second-order valence-corrected chi connectivity index (χ2v) is 5.54. The number of unbranched alkanes of at least 4 members (excludes halogenated alkanes) is 1. The van der Waals surface area contributed by atoms with Gasteiger partial charge in [-0.2, -0.15) is 0 Å². The van der Waals surface area contributed by atoms with E-state index >= 15 is 0 Å². The number of hydrogen-bond acceptors (Lipinski definition) is 4. The van der Waals surface area contributed by atoms with E-state index in [9.17, 15) is 19.2 Å². The Morgan fingerprint density at radius 1 is 0.682 bits per heavy atom. The maximum absolute atomic E-state index is 10.7. The third kappa shape index (κ3) is 9.90. The van der Waals surface area contributed by atoms with E-state index in [4.69, 9.17) is 46.4 Å². The van der Waals surface area contributed by atoms with Crippen molar-refractivity contribution in [2.45, 2.75) is 25.7 Å². The lowest BCUT2D eigenvalue weighted by Gasteiger charge is -1.98. The summed E-state index contributed by atoms with van der Waals surface area (Å²) < 4.78 is 0. The normalized spacial score (nSPS) is 9.45. The minimum Gasteiger partial charge on any atom is -0.281 e. The summed E-state index contributed by atoms with van der Waals surface area (Å²) in [6.45, 7) is 0. The summed E-state index contributed by atoms with van der Waals surface area (Å²) in [6, 6.07) is 6.12. The van der Waals surface area contributed by atoms with Crippen LogP contribution in [0.2, 0.25) is 0 Å². The van der Waals surface area contributed by atoms with Crippen molar-refractivity contribution in [3.8, 4) is 0 Å². The Kier molecular flexibility index (Phi) is 11.1. The summed E-state index contributed by atoms with van der Waals surface area (Å²) in [5.41, 5.74) is 0.276. The predicted molar refractivity (Wildman–Crippen MR) is 87.0 cm³/mol. The summed E-state index contributed by atoms with van der Waals surface area (Å²) in [5, 5.41) is -2.08. The Hall–Kier alpha value is -0.940. The largest absolute Gasteiger partial charge is 0.281 e. The first-order chi connectivity index (χ1) is 10.3. The zero-order valence-corrected chi connectivity index (χ0v) is 14.3. The van der Waals surface area contributed by atoms with Crippen molar-refractivity contribution in [2.75, 3.05) is 0 Å². The van der Waals surface area contributed by atoms with Gasteiger partial charge in [-0.05, 0) is 71.4 Å². The molecule has 0 amide bonds. The zero-order chi connectivity index (χ0) is 17.1. The van der Waals surface area contributed by atoms with Gasteiger partial charge in [0.1, 0.15) is 0 Å². The minimum absolute atomic E-state index is 0.138. The molecule has 0 saturated carbocycles. The van der Waals surface area contributed by atoms with Crippen LogP contribution in [0.15, 0.2) is 24.3 Å². The summed E-state index contributed by atoms with van der Waals surface area (Å²) in [6.07, 6.45) is 1.93. The van der Waals surface area contributed by atoms with Crippen LogP contribution in [0.3, 0.4) is 0 Å². The SMILES string of the molecule is O=C(Cl)CCCCC(=O)Cl.O=C(Cl)c1ccccc1C(=O)Cl. The molecule has 0 heterocycles. The molecule has 0 fully saturated rings. The van der Waals surface area contributed by atoms with Crippen LogP contribution in [-0.2, 0) is 9.59 Å². The molecule has 0 bridgehead atoms. The van der Waals surface area contributed by atoms with E-state index in [0.29, 0.717) is 25.7 Å². The molecule has 0 aromatic heterocycles. The van der Waals surface area contributed by atoms with Crippen molar-refractivity contribution >= 4 is 67.4 Å². The van der Waals surface area contributed by atoms with E-state index < -0.39 is 10.5 Å². The Labute approximate surface area is 147 Å². The topological polar surface area (TPSA) is 68.3 Å². The fraction of sp³-hybridized carbons (Fsp3) is 0.286. The van der Waals surface area contributed by atoms with Crippen molar-refractivity contribution in [2.24, 2.45) is 0 Å². The number of benzene rings is 1. The molecule has 0 N–H and O–H groups in total. The average molecular weight is 386 g/mol. The lowest BCUT2D eigenvalue weighted by molar-refractivity contribution is -0.113. The Morgan fingerprint density at radius 2 is 1.00 bits per heavy atom. The maximum atomic E-state index is 10.7. The van der Waals surface area contributed by atoms with Crippen LogP contribution in [0.1, 0.15) is 46.4 Å². The highest BCUT2D eigenvalue weighted by atomic mass is 35.5. The molecule has 0 unspecified atom stereocenters. The monoisotopic (exact) mass is 384 g/mol. The molecule has 0 aliphatic rings. The van der Waals surface area contributed by atoms with Gasteiger partial charge < -0.3 is 0 Å². The van der Waals surface area contributed by atoms with Crippen molar-refractivity contribution in [3.63, 3.8) is 0 Å². The van der Waals surface area contributed by atoms with Crippen LogP contribution in [-0.4, -0.2) is 21.0 Å². The first-order valence-corrected chi connectivity index (χ1v) is 7.62. The molecule has 1 aromatic carbocycles. The Bertz CT molecular complexity index is 509. The first kappa shape index (κ1) is 21.1. The van der Waals surface area contributed by atoms with Crippen LogP contribution in [0.25, 0.3) is 0 Å². The Morgan fingerprint density at radius 3 is 1.23 bits per heavy atom. The van der Waals surface area contributed by atoms with E-state index in [1.165, 1.54) is 12.1 Å². The number of carbonyl (C=O) groups is 4. The quantitative estimate of drug-likeness (QED) is 0.511. The predicted octanol–water partition coefficient (Wildman–Crippen LogP) is 4.52. The van der Waals surface area contributed by atoms with Gasteiger partial charge in [-0.25, -0.2) is 0 Å². The van der Waals surface area contributed by atoms with Gasteiger partial charge in [0.15, 0.2) is 0 Å². The summed E-state index contributed by atoms with van der Waals surface area (Å²) >= 11 is 20.5. The number of carbonyl (C=O) groups excluding carboxylic acids is 4. The minimum atomic E-state index is -0.681. The molecule has 0 aliphatic heterocycles. The van der Waals surface area contributed by atoms with Gasteiger partial charge in [-0.15, -0.1) is 0 Å². The molecule has 0 saturated heterocycles. The maximum Gasteiger partial charge on any atom is 0.253 e. The highest BCUT2D eigenvalue weighted by molar-refractivity contribution is 6.72. The lowest BCUT2D eigenvalue weighted by atomic mass is 10.1. The molecular weight excluding hydrogens is 374 g/mol. The highest BCUT2D eigenvalue weighted by Gasteiger charge is 2.12. The zero-order valence-electron chi connectivity index (χ0n) is 11.3. The lowest BCUT2D eigenvalue weighted by Crippen LogP contribution is -1.99. The summed E-state index contributed by atoms with van der Waals surface area (Å²) in [4.78, 5) is 41.7. The second-order valence-electron chi connectivity index (χ2n) is 4.01. The molecule has 0 spiro atoms. The van der Waals surface area contributed by atoms with E-state index in [2.05, 4.69) is 0 Å². The molecule has 0 aliphatic carbocycles. The van der Waals surface area contributed by atoms with Crippen molar-refractivity contribution in [3.05, 3.63) is 35.4 Å². The molecule has 0 radical (unpaired) electrons. The van der Waals surface area contributed by atoms with Gasteiger partial charge in [0.05, 0.1) is 0 Å². The molecule has 8 heteroatoms. The standard InChI is InChI=1S/C8H4Cl2O2.C6H8Cl2O2/c9-7(11)5-3-1-2-4-6(5)8(10)12;7-5(9)3-1-2-4-6(8)10/h1-4H;1-4H2. The van der Waals surface area contributed by atoms with E-state index in [0.717, 1.165) is 0 Å². The number of halogens is 4. The third-order valence-electron chi connectivity index (χ3n) is 2.35. The van der Waals surface area contributed by atoms with Gasteiger partial charge in [0, 0.05) is 24.0 Å². The molecule has 0 atom stereocenters. The highest BCUT2D eigenvalue weighted by Crippen LogP contribution is 2.13. The molecule has 4 nitrogen and oxygen atoms in total. The van der Waals surface area contributed by atoms with Crippen LogP contribution < -0.4 is 0 Å². The van der Waals surface area contributed by atoms with Crippen molar-refractivity contribution in [1.82, 2.24) is 0 Å². The molecule has 22 heavy (non-hydrogen) atoms. The van der Waals surface area contributed by atoms with Gasteiger partial charge >= 0.3 is 0 Å². The molecule has 120 valence electrons. The first-order valence-electron chi connectivity index (χ1n) is 6.11. The van der Waals surface area contributed by atoms with Gasteiger partial charge in [-0.3, -0.25) is 19.2 Å². The smallest absolute Gasteiger partial charge is 0.253 e. The Balaban J connectivity index is 0.000000409. The van der Waals surface area contributed by atoms with E-state index in [1.807, 2.05) is 0 Å². The van der Waals surface area contributed by atoms with Crippen LogP contribution in [0.5, 0.6) is 0 Å². The second kappa shape index (κ2) is 11.6. The van der Waals surface area contributed by atoms with E-state index in [1.54, 1.807) is 12.1 Å². The van der Waals surface area contributed by atoms with Crippen LogP contribution in [0.4, 0.5) is 0 Å². The van der Waals surface area contributed by atoms with E-state index in [-0.39, 0.29) is 21.6 Å². The molecular formula is C14H12Cl4O4. The fourth-order valence-electron chi connectivity index (χ4n) is 1.35. The fourth-order valence-corrected chi connectivity index (χ4v) is 1.95. The van der Waals surface area contributed by atoms with Crippen LogP contribution in [0, 0.1) is 0 Å². The molecule has 1 aromatic rings. The summed E-state index contributed by atoms with van der Waals surface area (Å²) in [7, 11) is 0. The summed E-state index contributed by atoms with van der Waals surface area (Å²) in [5.74, 6) is 0. The van der Waals surface area contributed by atoms with Crippen molar-refractivity contribution in [1.29, 1.82) is 0 Å². The van der Waals surface area contributed by atoms with Crippen molar-refractivity contribution < 1.29 is 19.2 Å². The molecule has 1 rings (SSSR count). The van der Waals surface area contributed by atoms with Gasteiger partial charge in [-0.1, -0.05) is 12.1 Å². The third-order valence-corrected chi connectivity index (χ3v) is 3.13. The average Bonchev–Trinajstić information content (AvgIpc) is 2.44. The van der Waals surface area contributed by atoms with Crippen LogP contribution >= 0.6 is 46.4 Å². The van der Waals surface area contributed by atoms with Gasteiger partial charge in [0.2, 0.25) is 10.5 Å². The number of rotatable bonds is 7.